The van der Waals surface area contributed by atoms with Crippen molar-refractivity contribution in [1.29, 1.82) is 0 Å². The van der Waals surface area contributed by atoms with Gasteiger partial charge in [-0.2, -0.15) is 0 Å². The van der Waals surface area contributed by atoms with E-state index in [0.29, 0.717) is 54.7 Å². The molecule has 5 rings (SSSR count). The lowest BCUT2D eigenvalue weighted by molar-refractivity contribution is -0.142. The van der Waals surface area contributed by atoms with Crippen molar-refractivity contribution < 1.29 is 23.8 Å². The molecule has 218 valence electrons. The van der Waals surface area contributed by atoms with Gasteiger partial charge in [0.05, 0.1) is 31.1 Å². The van der Waals surface area contributed by atoms with Crippen LogP contribution in [-0.2, 0) is 11.3 Å². The number of thiazole rings is 1. The number of aromatic nitrogens is 3. The number of nitrogens with one attached hydrogen (secondary N) is 1. The number of likely N-dealkylation sites (tertiary alicyclic amines) is 1. The Morgan fingerprint density at radius 1 is 1.20 bits per heavy atom. The molecule has 2 fully saturated rings. The SMILES string of the molecule is COc1ccc(-c2nc(NC(=O)c3cnc(N4CCC(C(=O)O)CC4)cn3)sc2CN2CCCC(C)(C)C2)cc1F. The van der Waals surface area contributed by atoms with Crippen LogP contribution in [0.25, 0.3) is 11.3 Å². The van der Waals surface area contributed by atoms with E-state index in [9.17, 15) is 19.1 Å². The molecule has 0 aliphatic carbocycles. The van der Waals surface area contributed by atoms with E-state index < -0.39 is 17.7 Å². The number of aliphatic carboxylic acids is 1. The van der Waals surface area contributed by atoms with Gasteiger partial charge in [0, 0.05) is 36.6 Å². The molecule has 0 bridgehead atoms. The van der Waals surface area contributed by atoms with Crippen LogP contribution < -0.4 is 15.0 Å². The van der Waals surface area contributed by atoms with Crippen LogP contribution in [0.5, 0.6) is 5.75 Å². The normalized spacial score (nSPS) is 17.8. The number of piperidine rings is 2. The summed E-state index contributed by atoms with van der Waals surface area (Å²) in [6.07, 6.45) is 6.31. The highest BCUT2D eigenvalue weighted by molar-refractivity contribution is 7.16. The summed E-state index contributed by atoms with van der Waals surface area (Å²) in [6.45, 7) is 8.23. The fourth-order valence-electron chi connectivity index (χ4n) is 5.55. The Kier molecular flexibility index (Phi) is 8.50. The van der Waals surface area contributed by atoms with Crippen molar-refractivity contribution in [3.8, 4) is 17.0 Å². The van der Waals surface area contributed by atoms with E-state index in [1.807, 2.05) is 4.90 Å². The lowest BCUT2D eigenvalue weighted by atomic mass is 9.84. The zero-order valence-corrected chi connectivity index (χ0v) is 24.3. The molecule has 1 amide bonds. The van der Waals surface area contributed by atoms with Crippen LogP contribution in [0.15, 0.2) is 30.6 Å². The van der Waals surface area contributed by atoms with Gasteiger partial charge in [-0.3, -0.25) is 19.8 Å². The van der Waals surface area contributed by atoms with E-state index in [1.165, 1.54) is 43.3 Å². The number of rotatable bonds is 8. The van der Waals surface area contributed by atoms with Gasteiger partial charge in [0.15, 0.2) is 16.7 Å². The van der Waals surface area contributed by atoms with Crippen LogP contribution in [0.4, 0.5) is 15.3 Å². The average Bonchev–Trinajstić information content (AvgIpc) is 3.34. The second-order valence-corrected chi connectivity index (χ2v) is 12.5. The predicted octanol–water partition coefficient (Wildman–Crippen LogP) is 4.92. The van der Waals surface area contributed by atoms with Crippen LogP contribution in [0.2, 0.25) is 0 Å². The predicted molar refractivity (Wildman–Crippen MR) is 155 cm³/mol. The minimum Gasteiger partial charge on any atom is -0.494 e. The van der Waals surface area contributed by atoms with Crippen molar-refractivity contribution in [2.45, 2.75) is 46.1 Å². The van der Waals surface area contributed by atoms with Gasteiger partial charge >= 0.3 is 5.97 Å². The molecule has 0 spiro atoms. The van der Waals surface area contributed by atoms with Crippen LogP contribution in [0.1, 0.15) is 54.9 Å². The maximum Gasteiger partial charge on any atom is 0.306 e. The Morgan fingerprint density at radius 3 is 2.61 bits per heavy atom. The highest BCUT2D eigenvalue weighted by atomic mass is 32.1. The van der Waals surface area contributed by atoms with E-state index in [-0.39, 0.29) is 22.8 Å². The first-order chi connectivity index (χ1) is 19.6. The zero-order chi connectivity index (χ0) is 29.1. The summed E-state index contributed by atoms with van der Waals surface area (Å²) in [4.78, 5) is 43.0. The molecule has 0 unspecified atom stereocenters. The minimum absolute atomic E-state index is 0.140. The maximum atomic E-state index is 14.6. The highest BCUT2D eigenvalue weighted by Gasteiger charge is 2.28. The lowest BCUT2D eigenvalue weighted by Gasteiger charge is -2.37. The van der Waals surface area contributed by atoms with Crippen molar-refractivity contribution in [1.82, 2.24) is 19.9 Å². The summed E-state index contributed by atoms with van der Waals surface area (Å²) in [5.74, 6) is -1.27. The number of amides is 1. The fourth-order valence-corrected chi connectivity index (χ4v) is 6.57. The van der Waals surface area contributed by atoms with Gasteiger partial charge < -0.3 is 14.7 Å². The number of carbonyl (C=O) groups is 2. The average molecular weight is 583 g/mol. The van der Waals surface area contributed by atoms with Crippen molar-refractivity contribution in [3.63, 3.8) is 0 Å². The molecule has 2 N–H and O–H groups in total. The first-order valence-electron chi connectivity index (χ1n) is 13.8. The number of ether oxygens (including phenoxy) is 1. The molecule has 4 heterocycles. The Labute approximate surface area is 242 Å². The number of carbonyl (C=O) groups excluding carboxylic acids is 1. The Morgan fingerprint density at radius 2 is 1.98 bits per heavy atom. The van der Waals surface area contributed by atoms with Crippen molar-refractivity contribution in [3.05, 3.63) is 47.0 Å². The minimum atomic E-state index is -0.770. The first kappa shape index (κ1) is 28.9. The summed E-state index contributed by atoms with van der Waals surface area (Å²) in [5, 5.41) is 12.5. The Hall–Kier alpha value is -3.64. The first-order valence-corrected chi connectivity index (χ1v) is 14.6. The second-order valence-electron chi connectivity index (χ2n) is 11.4. The molecule has 10 nitrogen and oxygen atoms in total. The summed E-state index contributed by atoms with van der Waals surface area (Å²) in [7, 11) is 1.43. The topological polar surface area (TPSA) is 121 Å². The fraction of sp³-hybridized carbons (Fsp3) is 0.483. The molecule has 2 aliphatic heterocycles. The monoisotopic (exact) mass is 582 g/mol. The number of benzene rings is 1. The Balaban J connectivity index is 1.33. The number of carboxylic acids is 1. The number of nitrogens with zero attached hydrogens (tertiary/aromatic N) is 5. The third-order valence-electron chi connectivity index (χ3n) is 7.73. The molecule has 0 atom stereocenters. The van der Waals surface area contributed by atoms with Crippen LogP contribution >= 0.6 is 11.3 Å². The van der Waals surface area contributed by atoms with Crippen LogP contribution in [-0.4, -0.2) is 70.1 Å². The number of halogens is 1. The smallest absolute Gasteiger partial charge is 0.306 e. The lowest BCUT2D eigenvalue weighted by Crippen LogP contribution is -2.39. The molecular weight excluding hydrogens is 547 g/mol. The number of anilines is 2. The second kappa shape index (κ2) is 12.1. The molecule has 3 aromatic rings. The third-order valence-corrected chi connectivity index (χ3v) is 8.68. The summed E-state index contributed by atoms with van der Waals surface area (Å²) in [5.41, 5.74) is 1.59. The van der Waals surface area contributed by atoms with Crippen molar-refractivity contribution >= 4 is 34.2 Å². The molecule has 2 saturated heterocycles. The van der Waals surface area contributed by atoms with E-state index in [4.69, 9.17) is 9.72 Å². The molecule has 0 radical (unpaired) electrons. The van der Waals surface area contributed by atoms with E-state index >= 15 is 0 Å². The van der Waals surface area contributed by atoms with Gasteiger partial charge in [0.25, 0.3) is 5.91 Å². The summed E-state index contributed by atoms with van der Waals surface area (Å²) >= 11 is 1.37. The maximum absolute atomic E-state index is 14.6. The van der Waals surface area contributed by atoms with Crippen LogP contribution in [0.3, 0.4) is 0 Å². The van der Waals surface area contributed by atoms with Gasteiger partial charge in [-0.25, -0.2) is 19.3 Å². The van der Waals surface area contributed by atoms with Gasteiger partial charge in [-0.1, -0.05) is 25.2 Å². The number of hydrogen-bond donors (Lipinski definition) is 2. The number of carboxylic acid groups (broad SMARTS) is 1. The standard InChI is InChI=1S/C29H35FN6O4S/c1-29(2)9-4-10-35(17-29)16-23-25(19-5-6-22(40-3)20(30)13-19)33-28(41-23)34-26(37)21-14-32-24(15-31-21)36-11-7-18(8-12-36)27(38)39/h5-6,13-15,18H,4,7-12,16-17H2,1-3H3,(H,38,39)(H,33,34,37). The molecular formula is C29H35FN6O4S. The zero-order valence-electron chi connectivity index (χ0n) is 23.5. The van der Waals surface area contributed by atoms with E-state index in [0.717, 1.165) is 24.4 Å². The molecule has 0 saturated carbocycles. The van der Waals surface area contributed by atoms with E-state index in [2.05, 4.69) is 34.0 Å². The van der Waals surface area contributed by atoms with Crippen LogP contribution in [0, 0.1) is 17.2 Å². The molecule has 1 aromatic carbocycles. The summed E-state index contributed by atoms with van der Waals surface area (Å²) in [6, 6.07) is 4.76. The van der Waals surface area contributed by atoms with Crippen molar-refractivity contribution in [2.24, 2.45) is 11.3 Å². The number of methoxy groups -OCH3 is 1. The van der Waals surface area contributed by atoms with E-state index in [1.54, 1.807) is 12.1 Å². The van der Waals surface area contributed by atoms with Crippen molar-refractivity contribution in [2.75, 3.05) is 43.5 Å². The third kappa shape index (κ3) is 6.82. The van der Waals surface area contributed by atoms with Gasteiger partial charge in [0.2, 0.25) is 0 Å². The number of hydrogen-bond acceptors (Lipinski definition) is 9. The highest BCUT2D eigenvalue weighted by Crippen LogP contribution is 2.36. The molecule has 2 aromatic heterocycles. The largest absolute Gasteiger partial charge is 0.494 e. The summed E-state index contributed by atoms with van der Waals surface area (Å²) < 4.78 is 19.7. The quantitative estimate of drug-likeness (QED) is 0.381. The molecule has 41 heavy (non-hydrogen) atoms. The Bertz CT molecular complexity index is 1400. The van der Waals surface area contributed by atoms with Gasteiger partial charge in [-0.05, 0) is 55.8 Å². The molecule has 2 aliphatic rings. The van der Waals surface area contributed by atoms with Gasteiger partial charge in [-0.15, -0.1) is 0 Å². The molecule has 12 heteroatoms. The van der Waals surface area contributed by atoms with Gasteiger partial charge in [0.1, 0.15) is 11.5 Å².